The number of rotatable bonds is 1. The molecule has 2 heterocycles. The third kappa shape index (κ3) is 2.45. The molecule has 3 amide bonds. The van der Waals surface area contributed by atoms with Gasteiger partial charge in [0, 0.05) is 25.7 Å². The van der Waals surface area contributed by atoms with Gasteiger partial charge in [0.2, 0.25) is 11.8 Å². The highest BCUT2D eigenvalue weighted by Gasteiger charge is 2.42. The van der Waals surface area contributed by atoms with Gasteiger partial charge in [0.1, 0.15) is 6.04 Å². The van der Waals surface area contributed by atoms with Crippen LogP contribution in [0, 0.1) is 6.92 Å². The van der Waals surface area contributed by atoms with E-state index in [1.807, 2.05) is 25.1 Å². The SMILES string of the molecule is Cc1cccc(C(=O)N2CCN3C(=O)CN(C)C(=O)[C@H]3C2)c1. The lowest BCUT2D eigenvalue weighted by molar-refractivity contribution is -0.157. The van der Waals surface area contributed by atoms with Gasteiger partial charge in [-0.15, -0.1) is 0 Å². The first-order valence-electron chi connectivity index (χ1n) is 7.38. The van der Waals surface area contributed by atoms with E-state index < -0.39 is 6.04 Å². The van der Waals surface area contributed by atoms with Crippen molar-refractivity contribution in [1.82, 2.24) is 14.7 Å². The number of carbonyl (C=O) groups is 3. The summed E-state index contributed by atoms with van der Waals surface area (Å²) in [6.45, 7) is 3.21. The van der Waals surface area contributed by atoms with Crippen LogP contribution in [0.25, 0.3) is 0 Å². The van der Waals surface area contributed by atoms with Gasteiger partial charge in [0.25, 0.3) is 5.91 Å². The Hall–Kier alpha value is -2.37. The molecule has 2 fully saturated rings. The number of piperazine rings is 2. The molecule has 0 saturated carbocycles. The molecule has 0 bridgehead atoms. The smallest absolute Gasteiger partial charge is 0.254 e. The number of likely N-dealkylation sites (N-methyl/N-ethyl adjacent to an activating group) is 1. The maximum Gasteiger partial charge on any atom is 0.254 e. The van der Waals surface area contributed by atoms with Gasteiger partial charge in [-0.3, -0.25) is 14.4 Å². The Kier molecular flexibility index (Phi) is 3.60. The first-order chi connectivity index (χ1) is 10.5. The highest BCUT2D eigenvalue weighted by Crippen LogP contribution is 2.19. The van der Waals surface area contributed by atoms with Crippen LogP contribution >= 0.6 is 0 Å². The zero-order valence-electron chi connectivity index (χ0n) is 12.8. The second-order valence-corrected chi connectivity index (χ2v) is 5.92. The number of hydrogen-bond donors (Lipinski definition) is 0. The molecule has 0 radical (unpaired) electrons. The van der Waals surface area contributed by atoms with Crippen LogP contribution in [0.15, 0.2) is 24.3 Å². The summed E-state index contributed by atoms with van der Waals surface area (Å²) in [5.74, 6) is -0.229. The Balaban J connectivity index is 1.79. The number of amides is 3. The number of benzene rings is 1. The lowest BCUT2D eigenvalue weighted by atomic mass is 10.1. The summed E-state index contributed by atoms with van der Waals surface area (Å²) >= 11 is 0. The minimum absolute atomic E-state index is 0.0465. The van der Waals surface area contributed by atoms with E-state index in [1.54, 1.807) is 22.9 Å². The van der Waals surface area contributed by atoms with E-state index in [0.717, 1.165) is 5.56 Å². The van der Waals surface area contributed by atoms with Crippen LogP contribution in [0.1, 0.15) is 15.9 Å². The molecule has 6 nitrogen and oxygen atoms in total. The average Bonchev–Trinajstić information content (AvgIpc) is 2.51. The van der Waals surface area contributed by atoms with Gasteiger partial charge in [-0.25, -0.2) is 0 Å². The Morgan fingerprint density at radius 3 is 2.73 bits per heavy atom. The second-order valence-electron chi connectivity index (χ2n) is 5.92. The molecule has 0 aliphatic carbocycles. The molecule has 2 aliphatic heterocycles. The molecule has 3 rings (SSSR count). The lowest BCUT2D eigenvalue weighted by Crippen LogP contribution is -2.66. The van der Waals surface area contributed by atoms with E-state index >= 15 is 0 Å². The van der Waals surface area contributed by atoms with E-state index in [0.29, 0.717) is 18.7 Å². The Morgan fingerprint density at radius 1 is 1.23 bits per heavy atom. The fraction of sp³-hybridized carbons (Fsp3) is 0.438. The third-order valence-corrected chi connectivity index (χ3v) is 4.29. The zero-order chi connectivity index (χ0) is 15.9. The topological polar surface area (TPSA) is 60.9 Å². The van der Waals surface area contributed by atoms with Crippen molar-refractivity contribution >= 4 is 17.7 Å². The molecular formula is C16H19N3O3. The van der Waals surface area contributed by atoms with Crippen LogP contribution in [0.4, 0.5) is 0 Å². The Bertz CT molecular complexity index is 643. The van der Waals surface area contributed by atoms with Crippen molar-refractivity contribution in [3.05, 3.63) is 35.4 Å². The molecule has 1 aromatic carbocycles. The highest BCUT2D eigenvalue weighted by atomic mass is 16.2. The summed E-state index contributed by atoms with van der Waals surface area (Å²) in [6.07, 6.45) is 0. The summed E-state index contributed by atoms with van der Waals surface area (Å²) in [5.41, 5.74) is 1.64. The van der Waals surface area contributed by atoms with Gasteiger partial charge < -0.3 is 14.7 Å². The van der Waals surface area contributed by atoms with Crippen molar-refractivity contribution in [2.24, 2.45) is 0 Å². The minimum atomic E-state index is -0.547. The lowest BCUT2D eigenvalue weighted by Gasteiger charge is -2.45. The molecule has 116 valence electrons. The van der Waals surface area contributed by atoms with Crippen molar-refractivity contribution < 1.29 is 14.4 Å². The summed E-state index contributed by atoms with van der Waals surface area (Å²) in [5, 5.41) is 0. The number of nitrogens with zero attached hydrogens (tertiary/aromatic N) is 3. The van der Waals surface area contributed by atoms with E-state index in [1.165, 1.54) is 4.90 Å². The van der Waals surface area contributed by atoms with Crippen molar-refractivity contribution in [2.45, 2.75) is 13.0 Å². The van der Waals surface area contributed by atoms with E-state index in [-0.39, 0.29) is 30.8 Å². The van der Waals surface area contributed by atoms with Gasteiger partial charge in [0.05, 0.1) is 13.1 Å². The molecule has 6 heteroatoms. The average molecular weight is 301 g/mol. The molecular weight excluding hydrogens is 282 g/mol. The van der Waals surface area contributed by atoms with Crippen LogP contribution in [-0.4, -0.2) is 71.7 Å². The van der Waals surface area contributed by atoms with E-state index in [9.17, 15) is 14.4 Å². The van der Waals surface area contributed by atoms with Crippen LogP contribution in [0.3, 0.4) is 0 Å². The Morgan fingerprint density at radius 2 is 2.00 bits per heavy atom. The van der Waals surface area contributed by atoms with Gasteiger partial charge >= 0.3 is 0 Å². The van der Waals surface area contributed by atoms with Crippen LogP contribution in [0.5, 0.6) is 0 Å². The summed E-state index contributed by atoms with van der Waals surface area (Å²) in [4.78, 5) is 41.6. The predicted octanol–water partition coefficient (Wildman–Crippen LogP) is 0.120. The molecule has 1 aromatic rings. The summed E-state index contributed by atoms with van der Waals surface area (Å²) in [6, 6.07) is 6.86. The number of carbonyl (C=O) groups excluding carboxylic acids is 3. The third-order valence-electron chi connectivity index (χ3n) is 4.29. The molecule has 0 spiro atoms. The van der Waals surface area contributed by atoms with Gasteiger partial charge in [0.15, 0.2) is 0 Å². The fourth-order valence-electron chi connectivity index (χ4n) is 3.06. The Labute approximate surface area is 129 Å². The maximum atomic E-state index is 12.6. The van der Waals surface area contributed by atoms with E-state index in [4.69, 9.17) is 0 Å². The molecule has 1 atom stereocenters. The standard InChI is InChI=1S/C16H19N3O3/c1-11-4-3-5-12(8-11)15(21)18-6-7-19-13(9-18)16(22)17(2)10-14(19)20/h3-5,8,13H,6-7,9-10H2,1-2H3/t13-/m1/s1. The van der Waals surface area contributed by atoms with Gasteiger partial charge in [-0.05, 0) is 19.1 Å². The van der Waals surface area contributed by atoms with Crippen LogP contribution in [-0.2, 0) is 9.59 Å². The quantitative estimate of drug-likeness (QED) is 0.740. The first-order valence-corrected chi connectivity index (χ1v) is 7.38. The largest absolute Gasteiger partial charge is 0.335 e. The molecule has 0 N–H and O–H groups in total. The van der Waals surface area contributed by atoms with Crippen LogP contribution < -0.4 is 0 Å². The second kappa shape index (κ2) is 5.44. The molecule has 22 heavy (non-hydrogen) atoms. The summed E-state index contributed by atoms with van der Waals surface area (Å²) < 4.78 is 0. The summed E-state index contributed by atoms with van der Waals surface area (Å²) in [7, 11) is 1.62. The zero-order valence-corrected chi connectivity index (χ0v) is 12.8. The number of aryl methyl sites for hydroxylation is 1. The van der Waals surface area contributed by atoms with Gasteiger partial charge in [-0.1, -0.05) is 17.7 Å². The van der Waals surface area contributed by atoms with Gasteiger partial charge in [-0.2, -0.15) is 0 Å². The van der Waals surface area contributed by atoms with E-state index in [2.05, 4.69) is 0 Å². The van der Waals surface area contributed by atoms with Crippen molar-refractivity contribution in [1.29, 1.82) is 0 Å². The van der Waals surface area contributed by atoms with Crippen molar-refractivity contribution in [2.75, 3.05) is 33.2 Å². The molecule has 2 aliphatic rings. The molecule has 0 aromatic heterocycles. The molecule has 0 unspecified atom stereocenters. The maximum absolute atomic E-state index is 12.6. The number of hydrogen-bond acceptors (Lipinski definition) is 3. The predicted molar refractivity (Wildman–Crippen MR) is 80.2 cm³/mol. The normalized spacial score (nSPS) is 21.9. The van der Waals surface area contributed by atoms with Crippen molar-refractivity contribution in [3.63, 3.8) is 0 Å². The molecule has 2 saturated heterocycles. The fourth-order valence-corrected chi connectivity index (χ4v) is 3.06. The van der Waals surface area contributed by atoms with Crippen LogP contribution in [0.2, 0.25) is 0 Å². The highest BCUT2D eigenvalue weighted by molar-refractivity contribution is 5.98. The minimum Gasteiger partial charge on any atom is -0.335 e. The first kappa shape index (κ1) is 14.6. The number of fused-ring (bicyclic) bond motifs is 1. The monoisotopic (exact) mass is 301 g/mol. The van der Waals surface area contributed by atoms with Crippen molar-refractivity contribution in [3.8, 4) is 0 Å².